The van der Waals surface area contributed by atoms with E-state index in [1.54, 1.807) is 0 Å². The first-order valence-corrected chi connectivity index (χ1v) is 14.1. The third-order valence-corrected chi connectivity index (χ3v) is 8.49. The van der Waals surface area contributed by atoms with E-state index in [0.29, 0.717) is 11.1 Å². The first kappa shape index (κ1) is 24.0. The third-order valence-electron chi connectivity index (χ3n) is 8.49. The number of fused-ring (bicyclic) bond motifs is 6. The average Bonchev–Trinajstić information content (AvgIpc) is 3.57. The van der Waals surface area contributed by atoms with Crippen molar-refractivity contribution in [2.24, 2.45) is 0 Å². The maximum Gasteiger partial charge on any atom is 0.0991 e. The highest BCUT2D eigenvalue weighted by Gasteiger charge is 2.23. The van der Waals surface area contributed by atoms with Crippen molar-refractivity contribution in [1.82, 2.24) is 9.13 Å². The van der Waals surface area contributed by atoms with Crippen molar-refractivity contribution in [2.75, 3.05) is 0 Å². The Balaban J connectivity index is 1.27. The van der Waals surface area contributed by atoms with Crippen molar-refractivity contribution in [2.45, 2.75) is 12.5 Å². The Morgan fingerprint density at radius 2 is 1.24 bits per heavy atom. The van der Waals surface area contributed by atoms with Crippen LogP contribution in [0, 0.1) is 22.7 Å². The van der Waals surface area contributed by atoms with Gasteiger partial charge in [0.2, 0.25) is 0 Å². The summed E-state index contributed by atoms with van der Waals surface area (Å²) in [4.78, 5) is 0. The molecule has 0 amide bonds. The summed E-state index contributed by atoms with van der Waals surface area (Å²) in [6, 6.07) is 44.6. The zero-order valence-electron chi connectivity index (χ0n) is 22.7. The van der Waals surface area contributed by atoms with E-state index in [-0.39, 0.29) is 6.04 Å². The second kappa shape index (κ2) is 9.37. The van der Waals surface area contributed by atoms with Gasteiger partial charge in [0, 0.05) is 38.3 Å². The minimum atomic E-state index is -0.0492. The first-order chi connectivity index (χ1) is 20.7. The molecule has 196 valence electrons. The Morgan fingerprint density at radius 1 is 0.595 bits per heavy atom. The van der Waals surface area contributed by atoms with Crippen molar-refractivity contribution in [3.8, 4) is 17.8 Å². The van der Waals surface area contributed by atoms with Gasteiger partial charge in [0.1, 0.15) is 0 Å². The third kappa shape index (κ3) is 3.60. The molecule has 5 aromatic carbocycles. The Bertz CT molecular complexity index is 2310. The fourth-order valence-electron chi connectivity index (χ4n) is 6.70. The Morgan fingerprint density at radius 3 is 1.93 bits per heavy atom. The van der Waals surface area contributed by atoms with Gasteiger partial charge in [-0.15, -0.1) is 0 Å². The summed E-state index contributed by atoms with van der Waals surface area (Å²) in [5.41, 5.74) is 9.13. The number of allylic oxidation sites excluding steroid dienone is 4. The number of rotatable bonds is 3. The lowest BCUT2D eigenvalue weighted by atomic mass is 9.90. The van der Waals surface area contributed by atoms with Crippen molar-refractivity contribution < 1.29 is 0 Å². The fraction of sp³-hybridized carbons (Fsp3) is 0.0526. The van der Waals surface area contributed by atoms with Crippen LogP contribution in [0.25, 0.3) is 54.9 Å². The number of hydrogen-bond donors (Lipinski definition) is 0. The summed E-state index contributed by atoms with van der Waals surface area (Å²) in [5, 5.41) is 24.3. The van der Waals surface area contributed by atoms with E-state index in [1.165, 1.54) is 21.8 Å². The summed E-state index contributed by atoms with van der Waals surface area (Å²) in [6.07, 6.45) is 4.85. The zero-order valence-corrected chi connectivity index (χ0v) is 22.7. The monoisotopic (exact) mass is 536 g/mol. The summed E-state index contributed by atoms with van der Waals surface area (Å²) in [5.74, 6) is 0. The Hall–Kier alpha value is -5.84. The van der Waals surface area contributed by atoms with Gasteiger partial charge in [-0.05, 0) is 78.2 Å². The molecule has 0 N–H and O–H groups in total. The molecule has 0 spiro atoms. The number of aromatic nitrogens is 2. The molecule has 42 heavy (non-hydrogen) atoms. The van der Waals surface area contributed by atoms with Gasteiger partial charge in [-0.2, -0.15) is 10.5 Å². The summed E-state index contributed by atoms with van der Waals surface area (Å²) < 4.78 is 4.66. The average molecular weight is 537 g/mol. The van der Waals surface area contributed by atoms with Crippen LogP contribution < -0.4 is 0 Å². The maximum atomic E-state index is 10.1. The molecule has 0 saturated carbocycles. The van der Waals surface area contributed by atoms with E-state index >= 15 is 0 Å². The maximum absolute atomic E-state index is 10.1. The minimum Gasteiger partial charge on any atom is -0.333 e. The van der Waals surface area contributed by atoms with E-state index < -0.39 is 0 Å². The molecule has 2 aromatic heterocycles. The largest absolute Gasteiger partial charge is 0.333 e. The van der Waals surface area contributed by atoms with Crippen LogP contribution in [0.15, 0.2) is 133 Å². The quantitative estimate of drug-likeness (QED) is 0.226. The molecule has 1 aliphatic rings. The predicted molar refractivity (Wildman–Crippen MR) is 170 cm³/mol. The highest BCUT2D eigenvalue weighted by molar-refractivity contribution is 6.10. The van der Waals surface area contributed by atoms with Crippen LogP contribution in [-0.4, -0.2) is 9.13 Å². The van der Waals surface area contributed by atoms with E-state index in [2.05, 4.69) is 112 Å². The standard InChI is InChI=1S/C38H24N4/c39-23-25-16-17-38-34(20-25)33-12-3-6-15-37(33)42(38)30-19-26(24-40)18-28(22-30)27-8-7-9-29(21-27)41-35-13-4-1-10-31(35)32-11-2-5-14-36(32)41/h1-21,30H,22H2. The number of nitriles is 2. The molecule has 1 atom stereocenters. The molecule has 0 bridgehead atoms. The van der Waals surface area contributed by atoms with Crippen molar-refractivity contribution >= 4 is 49.2 Å². The molecule has 4 heteroatoms. The van der Waals surface area contributed by atoms with Gasteiger partial charge >= 0.3 is 0 Å². The van der Waals surface area contributed by atoms with E-state index in [1.807, 2.05) is 36.4 Å². The van der Waals surface area contributed by atoms with Crippen LogP contribution in [0.5, 0.6) is 0 Å². The summed E-state index contributed by atoms with van der Waals surface area (Å²) in [7, 11) is 0. The van der Waals surface area contributed by atoms with E-state index in [4.69, 9.17) is 0 Å². The molecular weight excluding hydrogens is 512 g/mol. The lowest BCUT2D eigenvalue weighted by molar-refractivity contribution is 0.654. The second-order valence-corrected chi connectivity index (χ2v) is 10.8. The molecule has 0 radical (unpaired) electrons. The van der Waals surface area contributed by atoms with Gasteiger partial charge in [-0.25, -0.2) is 0 Å². The lowest BCUT2D eigenvalue weighted by Crippen LogP contribution is -2.11. The molecule has 0 aliphatic heterocycles. The van der Waals surface area contributed by atoms with Gasteiger partial charge in [0.15, 0.2) is 0 Å². The molecule has 1 aliphatic carbocycles. The van der Waals surface area contributed by atoms with Crippen LogP contribution in [0.4, 0.5) is 0 Å². The SMILES string of the molecule is N#CC1=CC(n2c3ccccc3c3cc(C#N)ccc32)CC(c2cccc(-n3c4ccccc4c4ccccc43)c2)=C1. The second-order valence-electron chi connectivity index (χ2n) is 10.8. The van der Waals surface area contributed by atoms with Crippen LogP contribution >= 0.6 is 0 Å². The fourth-order valence-corrected chi connectivity index (χ4v) is 6.70. The van der Waals surface area contributed by atoms with Crippen LogP contribution in [0.3, 0.4) is 0 Å². The number of nitrogens with zero attached hydrogens (tertiary/aromatic N) is 4. The molecule has 8 rings (SSSR count). The number of benzene rings is 5. The van der Waals surface area contributed by atoms with Crippen LogP contribution in [0.2, 0.25) is 0 Å². The number of para-hydroxylation sites is 3. The molecule has 2 heterocycles. The lowest BCUT2D eigenvalue weighted by Gasteiger charge is -2.24. The molecule has 0 fully saturated rings. The number of hydrogen-bond acceptors (Lipinski definition) is 2. The molecular formula is C38H24N4. The summed E-state index contributed by atoms with van der Waals surface area (Å²) >= 11 is 0. The van der Waals surface area contributed by atoms with E-state index in [9.17, 15) is 10.5 Å². The van der Waals surface area contributed by atoms with E-state index in [0.717, 1.165) is 45.1 Å². The molecule has 0 saturated heterocycles. The minimum absolute atomic E-state index is 0.0492. The van der Waals surface area contributed by atoms with Crippen molar-refractivity contribution in [1.29, 1.82) is 10.5 Å². The molecule has 1 unspecified atom stereocenters. The molecule has 7 aromatic rings. The van der Waals surface area contributed by atoms with Gasteiger partial charge in [-0.1, -0.05) is 66.7 Å². The smallest absolute Gasteiger partial charge is 0.0991 e. The van der Waals surface area contributed by atoms with Crippen molar-refractivity contribution in [3.63, 3.8) is 0 Å². The Labute approximate surface area is 242 Å². The van der Waals surface area contributed by atoms with Crippen LogP contribution in [0.1, 0.15) is 23.6 Å². The van der Waals surface area contributed by atoms with Crippen LogP contribution in [-0.2, 0) is 0 Å². The van der Waals surface area contributed by atoms with Crippen molar-refractivity contribution in [3.05, 3.63) is 144 Å². The van der Waals surface area contributed by atoms with Gasteiger partial charge in [0.05, 0.1) is 40.4 Å². The normalized spacial score (nSPS) is 15.0. The van der Waals surface area contributed by atoms with Gasteiger partial charge in [-0.3, -0.25) is 0 Å². The van der Waals surface area contributed by atoms with Gasteiger partial charge < -0.3 is 9.13 Å². The topological polar surface area (TPSA) is 57.4 Å². The Kier molecular flexibility index (Phi) is 5.36. The van der Waals surface area contributed by atoms with Gasteiger partial charge in [0.25, 0.3) is 0 Å². The summed E-state index contributed by atoms with van der Waals surface area (Å²) in [6.45, 7) is 0. The zero-order chi connectivity index (χ0) is 28.2. The highest BCUT2D eigenvalue weighted by atomic mass is 15.0. The predicted octanol–water partition coefficient (Wildman–Crippen LogP) is 9.24. The highest BCUT2D eigenvalue weighted by Crippen LogP contribution is 2.40. The first-order valence-electron chi connectivity index (χ1n) is 14.1. The molecule has 4 nitrogen and oxygen atoms in total.